The first-order chi connectivity index (χ1) is 7.70. The quantitative estimate of drug-likeness (QED) is 0.825. The normalized spacial score (nSPS) is 10.4. The van der Waals surface area contributed by atoms with Crippen molar-refractivity contribution in [2.45, 2.75) is 20.4 Å². The second kappa shape index (κ2) is 4.37. The van der Waals surface area contributed by atoms with E-state index < -0.39 is 0 Å². The summed E-state index contributed by atoms with van der Waals surface area (Å²) in [6, 6.07) is 2.03. The minimum Gasteiger partial charge on any atom is -0.325 e. The molecule has 0 spiro atoms. The summed E-state index contributed by atoms with van der Waals surface area (Å²) in [5, 5.41) is 0. The van der Waals surface area contributed by atoms with Crippen LogP contribution in [0.15, 0.2) is 24.7 Å². The van der Waals surface area contributed by atoms with Gasteiger partial charge in [0.2, 0.25) is 0 Å². The highest BCUT2D eigenvalue weighted by Crippen LogP contribution is 2.20. The van der Waals surface area contributed by atoms with Crippen molar-refractivity contribution in [2.75, 3.05) is 0 Å². The molecule has 2 N–H and O–H groups in total. The zero-order chi connectivity index (χ0) is 11.5. The summed E-state index contributed by atoms with van der Waals surface area (Å²) in [5.41, 5.74) is 10.3. The third-order valence-corrected chi connectivity index (χ3v) is 2.42. The Labute approximate surface area is 94.6 Å². The van der Waals surface area contributed by atoms with Crippen molar-refractivity contribution in [1.29, 1.82) is 0 Å². The van der Waals surface area contributed by atoms with Crippen LogP contribution in [-0.4, -0.2) is 15.0 Å². The van der Waals surface area contributed by atoms with Crippen LogP contribution in [0.1, 0.15) is 17.0 Å². The highest BCUT2D eigenvalue weighted by atomic mass is 14.8. The Bertz CT molecular complexity index is 508. The Hall–Kier alpha value is -1.81. The number of rotatable bonds is 2. The monoisotopic (exact) mass is 214 g/mol. The maximum absolute atomic E-state index is 5.54. The van der Waals surface area contributed by atoms with Crippen molar-refractivity contribution >= 4 is 0 Å². The second-order valence-electron chi connectivity index (χ2n) is 3.74. The average molecular weight is 214 g/mol. The molecule has 0 saturated carbocycles. The summed E-state index contributed by atoms with van der Waals surface area (Å²) >= 11 is 0. The third-order valence-electron chi connectivity index (χ3n) is 2.42. The van der Waals surface area contributed by atoms with Gasteiger partial charge in [-0.05, 0) is 25.5 Å². The molecule has 0 bridgehead atoms. The fourth-order valence-corrected chi connectivity index (χ4v) is 1.60. The first kappa shape index (κ1) is 10.7. The Morgan fingerprint density at radius 1 is 1.19 bits per heavy atom. The molecule has 2 aromatic rings. The zero-order valence-corrected chi connectivity index (χ0v) is 9.44. The standard InChI is InChI=1S/C12H14N4/c1-8-3-9(2)15-6-11(8)12-7-14-5-10(4-13)16-12/h3,5-7H,4,13H2,1-2H3. The van der Waals surface area contributed by atoms with Gasteiger partial charge in [0.15, 0.2) is 0 Å². The number of nitrogens with two attached hydrogens (primary N) is 1. The molecule has 0 radical (unpaired) electrons. The van der Waals surface area contributed by atoms with E-state index in [-0.39, 0.29) is 0 Å². The maximum atomic E-state index is 5.54. The van der Waals surface area contributed by atoms with E-state index in [0.29, 0.717) is 6.54 Å². The molecule has 0 saturated heterocycles. The van der Waals surface area contributed by atoms with Crippen LogP contribution in [0, 0.1) is 13.8 Å². The summed E-state index contributed by atoms with van der Waals surface area (Å²) in [6.45, 7) is 4.42. The van der Waals surface area contributed by atoms with Crippen LogP contribution < -0.4 is 5.73 Å². The molecule has 2 rings (SSSR count). The SMILES string of the molecule is Cc1cc(C)c(-c2cncc(CN)n2)cn1. The molecule has 82 valence electrons. The number of aromatic nitrogens is 3. The summed E-state index contributed by atoms with van der Waals surface area (Å²) in [7, 11) is 0. The molecule has 2 heterocycles. The van der Waals surface area contributed by atoms with Crippen LogP contribution >= 0.6 is 0 Å². The van der Waals surface area contributed by atoms with Crippen molar-refractivity contribution < 1.29 is 0 Å². The van der Waals surface area contributed by atoms with Crippen molar-refractivity contribution in [3.05, 3.63) is 41.6 Å². The average Bonchev–Trinajstić information content (AvgIpc) is 2.29. The van der Waals surface area contributed by atoms with Gasteiger partial charge in [0.05, 0.1) is 17.6 Å². The topological polar surface area (TPSA) is 64.7 Å². The summed E-state index contributed by atoms with van der Waals surface area (Å²) in [4.78, 5) is 12.8. The molecule has 0 aliphatic carbocycles. The van der Waals surface area contributed by atoms with Gasteiger partial charge in [0.1, 0.15) is 0 Å². The summed E-state index contributed by atoms with van der Waals surface area (Å²) < 4.78 is 0. The van der Waals surface area contributed by atoms with Gasteiger partial charge < -0.3 is 5.73 Å². The Morgan fingerprint density at radius 3 is 2.69 bits per heavy atom. The lowest BCUT2D eigenvalue weighted by Gasteiger charge is -2.06. The molecule has 16 heavy (non-hydrogen) atoms. The molecule has 0 unspecified atom stereocenters. The largest absolute Gasteiger partial charge is 0.325 e. The van der Waals surface area contributed by atoms with Gasteiger partial charge >= 0.3 is 0 Å². The van der Waals surface area contributed by atoms with Crippen LogP contribution in [0.5, 0.6) is 0 Å². The molecule has 0 fully saturated rings. The molecule has 0 atom stereocenters. The van der Waals surface area contributed by atoms with Gasteiger partial charge in [-0.1, -0.05) is 0 Å². The van der Waals surface area contributed by atoms with E-state index in [0.717, 1.165) is 28.2 Å². The molecule has 0 amide bonds. The molecular weight excluding hydrogens is 200 g/mol. The predicted molar refractivity (Wildman–Crippen MR) is 62.6 cm³/mol. The van der Waals surface area contributed by atoms with Crippen molar-refractivity contribution in [1.82, 2.24) is 15.0 Å². The summed E-state index contributed by atoms with van der Waals surface area (Å²) in [6.07, 6.45) is 5.24. The van der Waals surface area contributed by atoms with Gasteiger partial charge in [0, 0.05) is 30.2 Å². The van der Waals surface area contributed by atoms with E-state index in [1.807, 2.05) is 26.1 Å². The molecular formula is C12H14N4. The molecule has 0 aromatic carbocycles. The van der Waals surface area contributed by atoms with Crippen LogP contribution in [0.3, 0.4) is 0 Å². The fourth-order valence-electron chi connectivity index (χ4n) is 1.60. The van der Waals surface area contributed by atoms with Gasteiger partial charge in [-0.25, -0.2) is 4.98 Å². The number of nitrogens with zero attached hydrogens (tertiary/aromatic N) is 3. The lowest BCUT2D eigenvalue weighted by atomic mass is 10.1. The first-order valence-corrected chi connectivity index (χ1v) is 5.15. The lowest BCUT2D eigenvalue weighted by Crippen LogP contribution is -2.02. The molecule has 0 aliphatic heterocycles. The molecule has 4 heteroatoms. The molecule has 2 aromatic heterocycles. The lowest BCUT2D eigenvalue weighted by molar-refractivity contribution is 0.965. The van der Waals surface area contributed by atoms with Crippen LogP contribution in [0.25, 0.3) is 11.3 Å². The third kappa shape index (κ3) is 2.06. The van der Waals surface area contributed by atoms with Crippen LogP contribution in [0.4, 0.5) is 0 Å². The smallest absolute Gasteiger partial charge is 0.0907 e. The summed E-state index contributed by atoms with van der Waals surface area (Å²) in [5.74, 6) is 0. The second-order valence-corrected chi connectivity index (χ2v) is 3.74. The van der Waals surface area contributed by atoms with Gasteiger partial charge in [-0.2, -0.15) is 0 Å². The minimum atomic E-state index is 0.402. The maximum Gasteiger partial charge on any atom is 0.0907 e. The number of hydrogen-bond acceptors (Lipinski definition) is 4. The molecule has 0 aliphatic rings. The van der Waals surface area contributed by atoms with E-state index in [2.05, 4.69) is 15.0 Å². The number of pyridine rings is 1. The van der Waals surface area contributed by atoms with E-state index >= 15 is 0 Å². The molecule has 4 nitrogen and oxygen atoms in total. The zero-order valence-electron chi connectivity index (χ0n) is 9.44. The van der Waals surface area contributed by atoms with E-state index in [1.54, 1.807) is 12.4 Å². The van der Waals surface area contributed by atoms with Crippen LogP contribution in [-0.2, 0) is 6.54 Å². The minimum absolute atomic E-state index is 0.402. The van der Waals surface area contributed by atoms with Crippen molar-refractivity contribution in [3.63, 3.8) is 0 Å². The van der Waals surface area contributed by atoms with Crippen molar-refractivity contribution in [2.24, 2.45) is 5.73 Å². The fraction of sp³-hybridized carbons (Fsp3) is 0.250. The van der Waals surface area contributed by atoms with Gasteiger partial charge in [0.25, 0.3) is 0 Å². The predicted octanol–water partition coefficient (Wildman–Crippen LogP) is 1.61. The van der Waals surface area contributed by atoms with Crippen molar-refractivity contribution in [3.8, 4) is 11.3 Å². The number of aryl methyl sites for hydroxylation is 2. The highest BCUT2D eigenvalue weighted by molar-refractivity contribution is 5.61. The van der Waals surface area contributed by atoms with Gasteiger partial charge in [-0.15, -0.1) is 0 Å². The van der Waals surface area contributed by atoms with Gasteiger partial charge in [-0.3, -0.25) is 9.97 Å². The van der Waals surface area contributed by atoms with Crippen LogP contribution in [0.2, 0.25) is 0 Å². The highest BCUT2D eigenvalue weighted by Gasteiger charge is 2.05. The first-order valence-electron chi connectivity index (χ1n) is 5.15. The Kier molecular flexibility index (Phi) is 2.92. The Balaban J connectivity index is 2.49. The van der Waals surface area contributed by atoms with E-state index in [1.165, 1.54) is 0 Å². The van der Waals surface area contributed by atoms with E-state index in [4.69, 9.17) is 5.73 Å². The number of hydrogen-bond donors (Lipinski definition) is 1. The Morgan fingerprint density at radius 2 is 2.00 bits per heavy atom. The van der Waals surface area contributed by atoms with E-state index in [9.17, 15) is 0 Å².